The monoisotopic (exact) mass is 632 g/mol. The second kappa shape index (κ2) is 12.6. The number of likely N-dealkylation sites (N-methyl/N-ethyl adjacent to an activating group) is 1. The summed E-state index contributed by atoms with van der Waals surface area (Å²) in [6.45, 7) is 5.36. The number of aromatic amines is 2. The number of carbonyl (C=O) groups excluding carboxylic acids is 1. The molecule has 7 rings (SSSR count). The van der Waals surface area contributed by atoms with Gasteiger partial charge in [0, 0.05) is 36.3 Å². The third-order valence-electron chi connectivity index (χ3n) is 9.56. The normalized spacial score (nSPS) is 18.7. The van der Waals surface area contributed by atoms with Crippen molar-refractivity contribution in [2.24, 2.45) is 5.92 Å². The molecule has 47 heavy (non-hydrogen) atoms. The Morgan fingerprint density at radius 1 is 0.851 bits per heavy atom. The Balaban J connectivity index is 1.06. The number of rotatable bonds is 8. The number of hydrogen-bond donors (Lipinski definition) is 4. The molecule has 0 aliphatic carbocycles. The van der Waals surface area contributed by atoms with Gasteiger partial charge >= 0.3 is 6.09 Å². The number of H-pyrrole nitrogens is 2. The van der Waals surface area contributed by atoms with Gasteiger partial charge in [0.1, 0.15) is 17.7 Å². The summed E-state index contributed by atoms with van der Waals surface area (Å²) in [5.41, 5.74) is 6.93. The zero-order chi connectivity index (χ0) is 32.7. The summed E-state index contributed by atoms with van der Waals surface area (Å²) in [5.74, 6) is 1.38. The van der Waals surface area contributed by atoms with Crippen LogP contribution in [-0.4, -0.2) is 78.0 Å². The molecule has 5 heterocycles. The van der Waals surface area contributed by atoms with E-state index in [1.54, 1.807) is 11.1 Å². The molecule has 3 aromatic heterocycles. The Morgan fingerprint density at radius 2 is 1.55 bits per heavy atom. The minimum atomic E-state index is -1.11. The fourth-order valence-corrected chi connectivity index (χ4v) is 7.02. The van der Waals surface area contributed by atoms with Gasteiger partial charge in [-0.1, -0.05) is 50.2 Å². The van der Waals surface area contributed by atoms with Crippen LogP contribution in [0.15, 0.2) is 67.1 Å². The second-order valence-electron chi connectivity index (χ2n) is 13.0. The summed E-state index contributed by atoms with van der Waals surface area (Å²) in [7, 11) is 1.46. The number of amides is 2. The number of fused-ring (bicyclic) bond motifs is 1. The van der Waals surface area contributed by atoms with Crippen molar-refractivity contribution in [3.05, 3.63) is 78.8 Å². The molecule has 4 N–H and O–H groups in total. The Bertz CT molecular complexity index is 1910. The van der Waals surface area contributed by atoms with Crippen LogP contribution < -0.4 is 5.32 Å². The maximum atomic E-state index is 13.5. The molecular weight excluding hydrogens is 592 g/mol. The fourth-order valence-electron chi connectivity index (χ4n) is 7.02. The molecule has 11 nitrogen and oxygen atoms in total. The van der Waals surface area contributed by atoms with Crippen LogP contribution in [-0.2, 0) is 4.79 Å². The Morgan fingerprint density at radius 3 is 2.28 bits per heavy atom. The van der Waals surface area contributed by atoms with Crippen molar-refractivity contribution in [2.45, 2.75) is 57.7 Å². The largest absolute Gasteiger partial charge is 0.465 e. The molecule has 3 atom stereocenters. The molecular formula is C36H40N8O3. The standard InChI is InChI=1S/C36H40N8O3/c1-21(2)32(43(3)36(46)47)35(45)44-15-5-7-31(44)34-40-19-29(42-34)23-10-8-22(9-11-23)26-16-24-12-13-25(17-28(24)38-18-26)30-20-39-33(41-30)27-6-4-14-37-27/h8-13,16-21,27,31-32,37H,4-7,14-15H2,1-3H3,(H,39,41)(H,40,42)(H,46,47)/t27-,31-,32-/m0/s1. The molecule has 0 unspecified atom stereocenters. The molecule has 0 spiro atoms. The van der Waals surface area contributed by atoms with Gasteiger partial charge < -0.3 is 25.3 Å². The predicted octanol–water partition coefficient (Wildman–Crippen LogP) is 6.40. The fraction of sp³-hybridized carbons (Fsp3) is 0.361. The van der Waals surface area contributed by atoms with Gasteiger partial charge in [0.05, 0.1) is 41.4 Å². The summed E-state index contributed by atoms with van der Waals surface area (Å²) < 4.78 is 0. The van der Waals surface area contributed by atoms with Crippen LogP contribution in [0.4, 0.5) is 4.79 Å². The number of nitrogens with zero attached hydrogens (tertiary/aromatic N) is 5. The predicted molar refractivity (Wildman–Crippen MR) is 180 cm³/mol. The van der Waals surface area contributed by atoms with Crippen LogP contribution in [0, 0.1) is 5.92 Å². The van der Waals surface area contributed by atoms with E-state index < -0.39 is 12.1 Å². The van der Waals surface area contributed by atoms with Crippen molar-refractivity contribution >= 4 is 22.9 Å². The van der Waals surface area contributed by atoms with E-state index in [9.17, 15) is 14.7 Å². The number of pyridine rings is 1. The first-order valence-electron chi connectivity index (χ1n) is 16.4. The zero-order valence-corrected chi connectivity index (χ0v) is 26.9. The highest BCUT2D eigenvalue weighted by molar-refractivity contribution is 5.87. The lowest BCUT2D eigenvalue weighted by molar-refractivity contribution is -0.138. The summed E-state index contributed by atoms with van der Waals surface area (Å²) in [6.07, 6.45) is 8.40. The van der Waals surface area contributed by atoms with Crippen LogP contribution in [0.3, 0.4) is 0 Å². The number of imidazole rings is 2. The highest BCUT2D eigenvalue weighted by Crippen LogP contribution is 2.34. The highest BCUT2D eigenvalue weighted by Gasteiger charge is 2.39. The van der Waals surface area contributed by atoms with Gasteiger partial charge in [0.2, 0.25) is 5.91 Å². The molecule has 0 radical (unpaired) electrons. The van der Waals surface area contributed by atoms with E-state index in [1.165, 1.54) is 13.5 Å². The van der Waals surface area contributed by atoms with Crippen LogP contribution in [0.1, 0.15) is 63.3 Å². The summed E-state index contributed by atoms with van der Waals surface area (Å²) in [6, 6.07) is 16.1. The maximum absolute atomic E-state index is 13.5. The van der Waals surface area contributed by atoms with E-state index in [1.807, 2.05) is 26.2 Å². The van der Waals surface area contributed by atoms with E-state index in [0.29, 0.717) is 12.6 Å². The molecule has 2 aliphatic rings. The van der Waals surface area contributed by atoms with E-state index >= 15 is 0 Å². The highest BCUT2D eigenvalue weighted by atomic mass is 16.4. The molecule has 242 valence electrons. The Kier molecular flexibility index (Phi) is 8.23. The van der Waals surface area contributed by atoms with Crippen LogP contribution in [0.5, 0.6) is 0 Å². The number of carboxylic acid groups (broad SMARTS) is 1. The molecule has 0 bridgehead atoms. The van der Waals surface area contributed by atoms with Crippen molar-refractivity contribution in [1.29, 1.82) is 0 Å². The minimum absolute atomic E-state index is 0.153. The second-order valence-corrected chi connectivity index (χ2v) is 13.0. The van der Waals surface area contributed by atoms with Crippen molar-refractivity contribution < 1.29 is 14.7 Å². The van der Waals surface area contributed by atoms with Gasteiger partial charge in [-0.2, -0.15) is 0 Å². The number of benzene rings is 2. The first kappa shape index (κ1) is 30.6. The summed E-state index contributed by atoms with van der Waals surface area (Å²) in [5, 5.41) is 14.1. The summed E-state index contributed by atoms with van der Waals surface area (Å²) in [4.78, 5) is 49.1. The van der Waals surface area contributed by atoms with Gasteiger partial charge in [-0.15, -0.1) is 0 Å². The first-order valence-corrected chi connectivity index (χ1v) is 16.4. The third kappa shape index (κ3) is 5.98. The molecule has 2 aromatic carbocycles. The number of aromatic nitrogens is 5. The van der Waals surface area contributed by atoms with E-state index in [4.69, 9.17) is 4.98 Å². The molecule has 11 heteroatoms. The van der Waals surface area contributed by atoms with Gasteiger partial charge in [-0.25, -0.2) is 14.8 Å². The minimum Gasteiger partial charge on any atom is -0.465 e. The maximum Gasteiger partial charge on any atom is 0.407 e. The van der Waals surface area contributed by atoms with Crippen molar-refractivity contribution in [1.82, 2.24) is 40.0 Å². The third-order valence-corrected chi connectivity index (χ3v) is 9.56. The topological polar surface area (TPSA) is 143 Å². The zero-order valence-electron chi connectivity index (χ0n) is 26.9. The smallest absolute Gasteiger partial charge is 0.407 e. The molecule has 0 saturated carbocycles. The van der Waals surface area contributed by atoms with Crippen LogP contribution >= 0.6 is 0 Å². The molecule has 5 aromatic rings. The van der Waals surface area contributed by atoms with Crippen LogP contribution in [0.2, 0.25) is 0 Å². The van der Waals surface area contributed by atoms with Gasteiger partial charge in [-0.05, 0) is 61.4 Å². The SMILES string of the molecule is CC(C)[C@@H](C(=O)N1CCC[C@H]1c1ncc(-c2ccc(-c3cnc4cc(-c5cnc([C@@H]6CCCN6)[nH]5)ccc4c3)cc2)[nH]1)N(C)C(=O)O. The van der Waals surface area contributed by atoms with Crippen molar-refractivity contribution in [2.75, 3.05) is 20.1 Å². The molecule has 2 saturated heterocycles. The Hall–Kier alpha value is -5.03. The number of likely N-dealkylation sites (tertiary alicyclic amines) is 1. The van der Waals surface area contributed by atoms with E-state index in [2.05, 4.69) is 73.8 Å². The molecule has 2 fully saturated rings. The lowest BCUT2D eigenvalue weighted by Gasteiger charge is -2.33. The lowest BCUT2D eigenvalue weighted by Crippen LogP contribution is -2.51. The molecule has 2 aliphatic heterocycles. The molecule has 2 amide bonds. The van der Waals surface area contributed by atoms with Crippen molar-refractivity contribution in [3.63, 3.8) is 0 Å². The van der Waals surface area contributed by atoms with Gasteiger partial charge in [-0.3, -0.25) is 14.7 Å². The average molecular weight is 633 g/mol. The summed E-state index contributed by atoms with van der Waals surface area (Å²) >= 11 is 0. The number of nitrogens with one attached hydrogen (secondary N) is 3. The van der Waals surface area contributed by atoms with Gasteiger partial charge in [0.15, 0.2) is 0 Å². The average Bonchev–Trinajstić information content (AvgIpc) is 3.91. The van der Waals surface area contributed by atoms with Crippen molar-refractivity contribution in [3.8, 4) is 33.6 Å². The van der Waals surface area contributed by atoms with E-state index in [0.717, 1.165) is 86.9 Å². The first-order chi connectivity index (χ1) is 22.8. The van der Waals surface area contributed by atoms with Crippen LogP contribution in [0.25, 0.3) is 44.5 Å². The van der Waals surface area contributed by atoms with E-state index in [-0.39, 0.29) is 17.9 Å². The number of hydrogen-bond acceptors (Lipinski definition) is 6. The number of carbonyl (C=O) groups is 2. The van der Waals surface area contributed by atoms with Gasteiger partial charge in [0.25, 0.3) is 0 Å². The quantitative estimate of drug-likeness (QED) is 0.155. The lowest BCUT2D eigenvalue weighted by atomic mass is 10.0. The Labute approximate surface area is 273 Å².